The average molecular weight is 340 g/mol. The molecule has 0 aromatic heterocycles. The van der Waals surface area contributed by atoms with Gasteiger partial charge < -0.3 is 9.80 Å². The Bertz CT molecular complexity index is 865. The van der Waals surface area contributed by atoms with E-state index < -0.39 is 0 Å². The molecule has 25 heavy (non-hydrogen) atoms. The fourth-order valence-corrected chi connectivity index (χ4v) is 3.86. The van der Waals surface area contributed by atoms with Crippen LogP contribution in [0.15, 0.2) is 24.3 Å². The molecule has 0 saturated carbocycles. The third-order valence-electron chi connectivity index (χ3n) is 5.20. The molecule has 2 heterocycles. The molecule has 2 aromatic carbocycles. The van der Waals surface area contributed by atoms with Crippen LogP contribution in [-0.4, -0.2) is 16.5 Å². The largest absolute Gasteiger partial charge is 0.349 e. The molecule has 2 aliphatic rings. The number of anilines is 2. The molecule has 0 amide bonds. The van der Waals surface area contributed by atoms with E-state index in [1.165, 1.54) is 0 Å². The van der Waals surface area contributed by atoms with E-state index in [1.54, 1.807) is 38.1 Å². The molecule has 2 aromatic rings. The van der Waals surface area contributed by atoms with Crippen LogP contribution in [0.2, 0.25) is 0 Å². The Kier molecular flexibility index (Phi) is 3.18. The Hall–Kier alpha value is -3.16. The summed E-state index contributed by atoms with van der Waals surface area (Å²) in [4.78, 5) is 26.0. The van der Waals surface area contributed by atoms with Gasteiger partial charge in [0.25, 0.3) is 11.4 Å². The van der Waals surface area contributed by atoms with E-state index in [4.69, 9.17) is 0 Å². The fourth-order valence-electron chi connectivity index (χ4n) is 3.86. The molecule has 0 spiro atoms. The van der Waals surface area contributed by atoms with Gasteiger partial charge in [-0.3, -0.25) is 20.2 Å². The van der Waals surface area contributed by atoms with E-state index in [9.17, 15) is 20.2 Å². The molecular weight excluding hydrogens is 324 g/mol. The monoisotopic (exact) mass is 340 g/mol. The molecule has 0 atom stereocenters. The average Bonchev–Trinajstić information content (AvgIpc) is 2.56. The highest BCUT2D eigenvalue weighted by Crippen LogP contribution is 2.43. The lowest BCUT2D eigenvalue weighted by atomic mass is 9.95. The fraction of sp³-hybridized carbons (Fsp3) is 0.294. The Morgan fingerprint density at radius 1 is 0.800 bits per heavy atom. The van der Waals surface area contributed by atoms with Gasteiger partial charge in [-0.05, 0) is 26.0 Å². The molecule has 8 heteroatoms. The van der Waals surface area contributed by atoms with Gasteiger partial charge in [-0.1, -0.05) is 0 Å². The summed E-state index contributed by atoms with van der Waals surface area (Å²) in [5, 5.41) is 22.4. The molecule has 0 unspecified atom stereocenters. The first kappa shape index (κ1) is 15.4. The third-order valence-corrected chi connectivity index (χ3v) is 5.20. The molecule has 128 valence electrons. The zero-order valence-corrected chi connectivity index (χ0v) is 13.9. The van der Waals surface area contributed by atoms with Crippen LogP contribution in [0.3, 0.4) is 0 Å². The van der Waals surface area contributed by atoms with E-state index in [0.29, 0.717) is 30.9 Å². The van der Waals surface area contributed by atoms with Crippen LogP contribution >= 0.6 is 0 Å². The molecular formula is C17H16N4O4. The molecule has 8 nitrogen and oxygen atoms in total. The SMILES string of the molecule is Cc1c([N+](=O)[O-])ccc2c1CN1CN2Cc2c1ccc([N+](=O)[O-])c2C. The molecule has 2 bridgehead atoms. The van der Waals surface area contributed by atoms with E-state index in [0.717, 1.165) is 22.5 Å². The number of rotatable bonds is 2. The summed E-state index contributed by atoms with van der Waals surface area (Å²) in [6.45, 7) is 5.35. The van der Waals surface area contributed by atoms with Crippen LogP contribution in [0.1, 0.15) is 22.3 Å². The lowest BCUT2D eigenvalue weighted by Crippen LogP contribution is -2.46. The number of hydrogen-bond acceptors (Lipinski definition) is 6. The van der Waals surface area contributed by atoms with E-state index in [2.05, 4.69) is 9.80 Å². The van der Waals surface area contributed by atoms with Crippen molar-refractivity contribution in [2.45, 2.75) is 26.9 Å². The maximum Gasteiger partial charge on any atom is 0.272 e. The zero-order valence-electron chi connectivity index (χ0n) is 13.9. The first-order valence-electron chi connectivity index (χ1n) is 7.92. The third kappa shape index (κ3) is 2.14. The normalized spacial score (nSPS) is 14.8. The molecule has 0 aliphatic carbocycles. The van der Waals surface area contributed by atoms with Crippen molar-refractivity contribution in [3.05, 3.63) is 66.7 Å². The summed E-state index contributed by atoms with van der Waals surface area (Å²) in [5.74, 6) is 0. The van der Waals surface area contributed by atoms with Crippen molar-refractivity contribution in [3.8, 4) is 0 Å². The maximum absolute atomic E-state index is 11.2. The van der Waals surface area contributed by atoms with Gasteiger partial charge in [-0.15, -0.1) is 0 Å². The molecule has 4 rings (SSSR count). The van der Waals surface area contributed by atoms with E-state index in [1.807, 2.05) is 0 Å². The van der Waals surface area contributed by atoms with Crippen molar-refractivity contribution >= 4 is 22.7 Å². The minimum absolute atomic E-state index is 0.126. The number of nitro benzene ring substituents is 2. The van der Waals surface area contributed by atoms with E-state index >= 15 is 0 Å². The van der Waals surface area contributed by atoms with Crippen LogP contribution in [0.5, 0.6) is 0 Å². The summed E-state index contributed by atoms with van der Waals surface area (Å²) < 4.78 is 0. The maximum atomic E-state index is 11.2. The number of hydrogen-bond donors (Lipinski definition) is 0. The standard InChI is InChI=1S/C17H16N4O4/c1-10-12-7-18-9-19(16(12)5-3-14(10)20(22)23)8-13-11(2)15(21(24)25)4-6-17(13)18/h3-6H,7-9H2,1-2H3. The van der Waals surface area contributed by atoms with Crippen molar-refractivity contribution in [1.82, 2.24) is 0 Å². The van der Waals surface area contributed by atoms with Crippen molar-refractivity contribution in [2.24, 2.45) is 0 Å². The number of fused-ring (bicyclic) bond motifs is 6. The smallest absolute Gasteiger partial charge is 0.272 e. The summed E-state index contributed by atoms with van der Waals surface area (Å²) in [6, 6.07) is 6.66. The summed E-state index contributed by atoms with van der Waals surface area (Å²) in [5.41, 5.74) is 5.44. The predicted octanol–water partition coefficient (Wildman–Crippen LogP) is 3.42. The minimum atomic E-state index is -0.355. The van der Waals surface area contributed by atoms with Crippen molar-refractivity contribution < 1.29 is 9.85 Å². The van der Waals surface area contributed by atoms with Gasteiger partial charge in [-0.25, -0.2) is 0 Å². The van der Waals surface area contributed by atoms with Gasteiger partial charge in [0.1, 0.15) is 0 Å². The lowest BCUT2D eigenvalue weighted by Gasteiger charge is -2.45. The summed E-state index contributed by atoms with van der Waals surface area (Å²) >= 11 is 0. The van der Waals surface area contributed by atoms with Gasteiger partial charge in [0.2, 0.25) is 0 Å². The molecule has 2 aliphatic heterocycles. The zero-order chi connectivity index (χ0) is 17.9. The number of benzene rings is 2. The van der Waals surface area contributed by atoms with Crippen LogP contribution in [-0.2, 0) is 13.1 Å². The lowest BCUT2D eigenvalue weighted by molar-refractivity contribution is -0.385. The highest BCUT2D eigenvalue weighted by molar-refractivity contribution is 5.73. The first-order chi connectivity index (χ1) is 11.9. The van der Waals surface area contributed by atoms with E-state index in [-0.39, 0.29) is 21.2 Å². The highest BCUT2D eigenvalue weighted by Gasteiger charge is 2.34. The molecule has 0 fully saturated rings. The Labute approximate surface area is 143 Å². The predicted molar refractivity (Wildman–Crippen MR) is 92.9 cm³/mol. The second-order valence-electron chi connectivity index (χ2n) is 6.47. The van der Waals surface area contributed by atoms with Crippen LogP contribution < -0.4 is 9.80 Å². The van der Waals surface area contributed by atoms with Crippen molar-refractivity contribution in [3.63, 3.8) is 0 Å². The van der Waals surface area contributed by atoms with Gasteiger partial charge in [0.05, 0.1) is 16.5 Å². The van der Waals surface area contributed by atoms with Crippen molar-refractivity contribution in [1.29, 1.82) is 0 Å². The molecule has 0 radical (unpaired) electrons. The van der Waals surface area contributed by atoms with Crippen LogP contribution in [0, 0.1) is 34.1 Å². The quantitative estimate of drug-likeness (QED) is 0.614. The van der Waals surface area contributed by atoms with Crippen LogP contribution in [0.25, 0.3) is 0 Å². The van der Waals surface area contributed by atoms with Gasteiger partial charge in [0.15, 0.2) is 0 Å². The van der Waals surface area contributed by atoms with Gasteiger partial charge >= 0.3 is 0 Å². The topological polar surface area (TPSA) is 92.8 Å². The molecule has 0 N–H and O–H groups in total. The second-order valence-corrected chi connectivity index (χ2v) is 6.47. The van der Waals surface area contributed by atoms with Crippen molar-refractivity contribution in [2.75, 3.05) is 16.5 Å². The van der Waals surface area contributed by atoms with Crippen LogP contribution in [0.4, 0.5) is 22.7 Å². The Morgan fingerprint density at radius 3 is 1.56 bits per heavy atom. The molecule has 0 saturated heterocycles. The number of nitro groups is 2. The Balaban J connectivity index is 1.84. The first-order valence-corrected chi connectivity index (χ1v) is 7.92. The van der Waals surface area contributed by atoms with Gasteiger partial charge in [-0.2, -0.15) is 0 Å². The number of nitrogens with zero attached hydrogens (tertiary/aromatic N) is 4. The highest BCUT2D eigenvalue weighted by atomic mass is 16.6. The minimum Gasteiger partial charge on any atom is -0.349 e. The summed E-state index contributed by atoms with van der Waals surface area (Å²) in [7, 11) is 0. The van der Waals surface area contributed by atoms with Gasteiger partial charge in [0, 0.05) is 58.9 Å². The second kappa shape index (κ2) is 5.17. The Morgan fingerprint density at radius 2 is 1.20 bits per heavy atom. The summed E-state index contributed by atoms with van der Waals surface area (Å²) in [6.07, 6.45) is 0.